The highest BCUT2D eigenvalue weighted by molar-refractivity contribution is 5.92. The van der Waals surface area contributed by atoms with E-state index in [0.717, 1.165) is 24.0 Å². The standard InChI is InChI=1S/C22H21N3O2/c26-20-14-13-19(24-25(20)15-16-7-3-1-4-8-16)22(27)23-21(18-11-12-18)17-9-5-2-6-10-17/h1-10,13-14,18,21H,11-12,15H2,(H,23,27). The van der Waals surface area contributed by atoms with Crippen LogP contribution in [0.5, 0.6) is 0 Å². The Balaban J connectivity index is 1.55. The first-order valence-corrected chi connectivity index (χ1v) is 9.18. The molecule has 0 aliphatic heterocycles. The van der Waals surface area contributed by atoms with Gasteiger partial charge in [0.05, 0.1) is 12.6 Å². The Bertz CT molecular complexity index is 979. The minimum Gasteiger partial charge on any atom is -0.344 e. The summed E-state index contributed by atoms with van der Waals surface area (Å²) in [5.74, 6) is 0.212. The van der Waals surface area contributed by atoms with Gasteiger partial charge in [-0.2, -0.15) is 5.10 Å². The average molecular weight is 359 g/mol. The lowest BCUT2D eigenvalue weighted by Gasteiger charge is -2.18. The predicted octanol–water partition coefficient (Wildman–Crippen LogP) is 3.17. The molecule has 1 amide bonds. The Kier molecular flexibility index (Phi) is 4.83. The molecule has 0 spiro atoms. The molecule has 5 nitrogen and oxygen atoms in total. The van der Waals surface area contributed by atoms with Gasteiger partial charge in [-0.15, -0.1) is 0 Å². The maximum absolute atomic E-state index is 12.8. The molecule has 0 saturated heterocycles. The van der Waals surface area contributed by atoms with Crippen LogP contribution < -0.4 is 10.9 Å². The number of rotatable bonds is 6. The molecule has 0 bridgehead atoms. The van der Waals surface area contributed by atoms with E-state index in [-0.39, 0.29) is 23.2 Å². The molecule has 1 fully saturated rings. The van der Waals surface area contributed by atoms with Crippen molar-refractivity contribution in [3.8, 4) is 0 Å². The second kappa shape index (κ2) is 7.58. The summed E-state index contributed by atoms with van der Waals surface area (Å²) in [5.41, 5.74) is 2.10. The summed E-state index contributed by atoms with van der Waals surface area (Å²) >= 11 is 0. The van der Waals surface area contributed by atoms with Crippen LogP contribution in [0, 0.1) is 5.92 Å². The molecule has 1 unspecified atom stereocenters. The van der Waals surface area contributed by atoms with Crippen LogP contribution in [0.3, 0.4) is 0 Å². The smallest absolute Gasteiger partial charge is 0.272 e. The molecule has 1 atom stereocenters. The van der Waals surface area contributed by atoms with Gasteiger partial charge in [0.25, 0.3) is 11.5 Å². The summed E-state index contributed by atoms with van der Waals surface area (Å²) in [6, 6.07) is 22.5. The molecular weight excluding hydrogens is 338 g/mol. The Morgan fingerprint density at radius 2 is 1.67 bits per heavy atom. The maximum atomic E-state index is 12.8. The lowest BCUT2D eigenvalue weighted by Crippen LogP contribution is -2.33. The van der Waals surface area contributed by atoms with Crippen molar-refractivity contribution < 1.29 is 4.79 Å². The monoisotopic (exact) mass is 359 g/mol. The number of amides is 1. The fourth-order valence-electron chi connectivity index (χ4n) is 3.22. The van der Waals surface area contributed by atoms with Crippen molar-refractivity contribution in [3.05, 3.63) is 100.0 Å². The zero-order valence-corrected chi connectivity index (χ0v) is 14.9. The van der Waals surface area contributed by atoms with Gasteiger partial charge in [0, 0.05) is 6.07 Å². The van der Waals surface area contributed by atoms with Gasteiger partial charge >= 0.3 is 0 Å². The maximum Gasteiger partial charge on any atom is 0.272 e. The first-order chi connectivity index (χ1) is 13.2. The Hall–Kier alpha value is -3.21. The predicted molar refractivity (Wildman–Crippen MR) is 103 cm³/mol. The van der Waals surface area contributed by atoms with Crippen molar-refractivity contribution in [2.45, 2.75) is 25.4 Å². The zero-order chi connectivity index (χ0) is 18.6. The highest BCUT2D eigenvalue weighted by Crippen LogP contribution is 2.41. The van der Waals surface area contributed by atoms with Crippen LogP contribution in [-0.2, 0) is 6.54 Å². The van der Waals surface area contributed by atoms with Gasteiger partial charge in [-0.25, -0.2) is 4.68 Å². The van der Waals surface area contributed by atoms with Gasteiger partial charge in [0.15, 0.2) is 0 Å². The molecule has 136 valence electrons. The molecule has 1 heterocycles. The van der Waals surface area contributed by atoms with E-state index in [1.807, 2.05) is 60.7 Å². The van der Waals surface area contributed by atoms with Gasteiger partial charge in [0.1, 0.15) is 5.69 Å². The molecule has 4 rings (SSSR count). The Labute approximate surface area is 157 Å². The van der Waals surface area contributed by atoms with E-state index in [1.54, 1.807) is 0 Å². The van der Waals surface area contributed by atoms with Gasteiger partial charge in [-0.05, 0) is 36.0 Å². The van der Waals surface area contributed by atoms with Gasteiger partial charge in [-0.3, -0.25) is 9.59 Å². The SMILES string of the molecule is O=C(NC(c1ccccc1)C1CC1)c1ccc(=O)n(Cc2ccccc2)n1. The summed E-state index contributed by atoms with van der Waals surface area (Å²) in [4.78, 5) is 24.9. The lowest BCUT2D eigenvalue weighted by atomic mass is 10.0. The van der Waals surface area contributed by atoms with Crippen LogP contribution in [0.25, 0.3) is 0 Å². The number of aromatic nitrogens is 2. The second-order valence-electron chi connectivity index (χ2n) is 6.90. The van der Waals surface area contributed by atoms with E-state index in [9.17, 15) is 9.59 Å². The van der Waals surface area contributed by atoms with Crippen LogP contribution in [0.1, 0.15) is 40.5 Å². The third-order valence-electron chi connectivity index (χ3n) is 4.81. The van der Waals surface area contributed by atoms with Crippen molar-refractivity contribution in [3.63, 3.8) is 0 Å². The minimum absolute atomic E-state index is 0.0185. The summed E-state index contributed by atoms with van der Waals surface area (Å²) < 4.78 is 1.33. The largest absolute Gasteiger partial charge is 0.344 e. The highest BCUT2D eigenvalue weighted by Gasteiger charge is 2.33. The van der Waals surface area contributed by atoms with E-state index in [4.69, 9.17) is 0 Å². The number of hydrogen-bond donors (Lipinski definition) is 1. The van der Waals surface area contributed by atoms with Crippen molar-refractivity contribution in [2.24, 2.45) is 5.92 Å². The van der Waals surface area contributed by atoms with Crippen molar-refractivity contribution in [2.75, 3.05) is 0 Å². The molecular formula is C22H21N3O2. The quantitative estimate of drug-likeness (QED) is 0.735. The first kappa shape index (κ1) is 17.2. The minimum atomic E-state index is -0.252. The fraction of sp³-hybridized carbons (Fsp3) is 0.227. The molecule has 1 N–H and O–H groups in total. The van der Waals surface area contributed by atoms with E-state index in [1.165, 1.54) is 16.8 Å². The number of carbonyl (C=O) groups excluding carboxylic acids is 1. The van der Waals surface area contributed by atoms with Gasteiger partial charge < -0.3 is 5.32 Å². The van der Waals surface area contributed by atoms with E-state index >= 15 is 0 Å². The number of benzene rings is 2. The highest BCUT2D eigenvalue weighted by atomic mass is 16.2. The zero-order valence-electron chi connectivity index (χ0n) is 14.9. The Morgan fingerprint density at radius 1 is 1.00 bits per heavy atom. The lowest BCUT2D eigenvalue weighted by molar-refractivity contribution is 0.0924. The number of nitrogens with one attached hydrogen (secondary N) is 1. The van der Waals surface area contributed by atoms with Crippen molar-refractivity contribution in [1.29, 1.82) is 0 Å². The molecule has 1 saturated carbocycles. The molecule has 27 heavy (non-hydrogen) atoms. The summed E-state index contributed by atoms with van der Waals surface area (Å²) in [6.07, 6.45) is 2.22. The van der Waals surface area contributed by atoms with Crippen molar-refractivity contribution >= 4 is 5.91 Å². The third kappa shape index (κ3) is 4.14. The number of carbonyl (C=O) groups is 1. The molecule has 1 aliphatic rings. The van der Waals surface area contributed by atoms with Crippen LogP contribution >= 0.6 is 0 Å². The number of nitrogens with zero attached hydrogens (tertiary/aromatic N) is 2. The number of hydrogen-bond acceptors (Lipinski definition) is 3. The topological polar surface area (TPSA) is 64.0 Å². The van der Waals surface area contributed by atoms with Crippen LogP contribution in [0.2, 0.25) is 0 Å². The normalized spacial score (nSPS) is 14.5. The van der Waals surface area contributed by atoms with E-state index in [2.05, 4.69) is 10.4 Å². The summed E-state index contributed by atoms with van der Waals surface area (Å²) in [6.45, 7) is 0.339. The molecule has 0 radical (unpaired) electrons. The molecule has 5 heteroatoms. The van der Waals surface area contributed by atoms with Gasteiger partial charge in [0.2, 0.25) is 0 Å². The first-order valence-electron chi connectivity index (χ1n) is 9.18. The van der Waals surface area contributed by atoms with E-state index in [0.29, 0.717) is 12.5 Å². The van der Waals surface area contributed by atoms with E-state index < -0.39 is 0 Å². The van der Waals surface area contributed by atoms with Crippen LogP contribution in [0.4, 0.5) is 0 Å². The van der Waals surface area contributed by atoms with Crippen molar-refractivity contribution in [1.82, 2.24) is 15.1 Å². The summed E-state index contributed by atoms with van der Waals surface area (Å²) in [5, 5.41) is 7.39. The second-order valence-corrected chi connectivity index (χ2v) is 6.90. The fourth-order valence-corrected chi connectivity index (χ4v) is 3.22. The molecule has 3 aromatic rings. The molecule has 1 aliphatic carbocycles. The average Bonchev–Trinajstić information content (AvgIpc) is 3.54. The van der Waals surface area contributed by atoms with Crippen LogP contribution in [-0.4, -0.2) is 15.7 Å². The Morgan fingerprint density at radius 3 is 2.33 bits per heavy atom. The molecule has 1 aromatic heterocycles. The summed E-state index contributed by atoms with van der Waals surface area (Å²) in [7, 11) is 0. The molecule has 2 aromatic carbocycles. The van der Waals surface area contributed by atoms with Crippen LogP contribution in [0.15, 0.2) is 77.6 Å². The third-order valence-corrected chi connectivity index (χ3v) is 4.81. The van der Waals surface area contributed by atoms with Gasteiger partial charge in [-0.1, -0.05) is 60.7 Å².